The maximum Gasteiger partial charge on any atom is 0.294 e. The fraction of sp³-hybridized carbons (Fsp3) is 0.308. The molecule has 0 radical (unpaired) electrons. The fourth-order valence-electron chi connectivity index (χ4n) is 4.28. The zero-order valence-electron chi connectivity index (χ0n) is 18.0. The summed E-state index contributed by atoms with van der Waals surface area (Å²) < 4.78 is 5.44. The van der Waals surface area contributed by atoms with Gasteiger partial charge < -0.3 is 9.73 Å². The number of anilines is 1. The first-order valence-corrected chi connectivity index (χ1v) is 10.8. The van der Waals surface area contributed by atoms with E-state index in [1.807, 2.05) is 62.4 Å². The third-order valence-electron chi connectivity index (χ3n) is 6.11. The van der Waals surface area contributed by atoms with E-state index >= 15 is 0 Å². The molecular formula is C26H28N2O3. The predicted molar refractivity (Wildman–Crippen MR) is 121 cm³/mol. The van der Waals surface area contributed by atoms with Gasteiger partial charge >= 0.3 is 0 Å². The molecule has 4 rings (SSSR count). The maximum atomic E-state index is 13.7. The van der Waals surface area contributed by atoms with Crippen molar-refractivity contribution in [3.8, 4) is 0 Å². The van der Waals surface area contributed by atoms with E-state index in [1.54, 1.807) is 17.0 Å². The van der Waals surface area contributed by atoms with E-state index in [0.29, 0.717) is 5.69 Å². The van der Waals surface area contributed by atoms with E-state index in [4.69, 9.17) is 4.42 Å². The Morgan fingerprint density at radius 2 is 1.71 bits per heavy atom. The molecule has 0 unspecified atom stereocenters. The second-order valence-electron chi connectivity index (χ2n) is 8.17. The monoisotopic (exact) mass is 416 g/mol. The van der Waals surface area contributed by atoms with Gasteiger partial charge in [-0.25, -0.2) is 0 Å². The normalized spacial score (nSPS) is 14.9. The molecule has 1 atom stereocenters. The van der Waals surface area contributed by atoms with Crippen molar-refractivity contribution in [3.05, 3.63) is 89.4 Å². The summed E-state index contributed by atoms with van der Waals surface area (Å²) in [5.74, 6) is -0.302. The van der Waals surface area contributed by atoms with Crippen molar-refractivity contribution in [2.75, 3.05) is 4.90 Å². The van der Waals surface area contributed by atoms with Gasteiger partial charge in [0.05, 0.1) is 6.26 Å². The van der Waals surface area contributed by atoms with Crippen LogP contribution in [0.4, 0.5) is 5.69 Å². The van der Waals surface area contributed by atoms with Gasteiger partial charge in [-0.2, -0.15) is 0 Å². The predicted octanol–water partition coefficient (Wildman–Crippen LogP) is 5.34. The molecule has 5 heteroatoms. The molecule has 0 aliphatic heterocycles. The average Bonchev–Trinajstić information content (AvgIpc) is 3.49. The van der Waals surface area contributed by atoms with Gasteiger partial charge in [-0.3, -0.25) is 14.5 Å². The maximum absolute atomic E-state index is 13.7. The molecule has 0 bridgehead atoms. The Hall–Kier alpha value is -3.34. The first-order chi connectivity index (χ1) is 15.1. The summed E-state index contributed by atoms with van der Waals surface area (Å²) in [4.78, 5) is 28.9. The summed E-state index contributed by atoms with van der Waals surface area (Å²) in [5.41, 5.74) is 3.48. The third kappa shape index (κ3) is 4.41. The lowest BCUT2D eigenvalue weighted by atomic mass is 9.99. The van der Waals surface area contributed by atoms with Crippen molar-refractivity contribution in [2.24, 2.45) is 0 Å². The molecule has 0 spiro atoms. The van der Waals surface area contributed by atoms with Gasteiger partial charge in [0.2, 0.25) is 5.91 Å². The van der Waals surface area contributed by atoms with Crippen LogP contribution in [0.25, 0.3) is 0 Å². The number of furan rings is 1. The average molecular weight is 417 g/mol. The van der Waals surface area contributed by atoms with Crippen LogP contribution in [-0.2, 0) is 4.79 Å². The number of benzene rings is 2. The van der Waals surface area contributed by atoms with Crippen molar-refractivity contribution < 1.29 is 14.0 Å². The van der Waals surface area contributed by atoms with Gasteiger partial charge in [0, 0.05) is 11.7 Å². The third-order valence-corrected chi connectivity index (χ3v) is 6.11. The lowest BCUT2D eigenvalue weighted by Gasteiger charge is -2.33. The number of nitrogens with zero attached hydrogens (tertiary/aromatic N) is 1. The Balaban J connectivity index is 1.83. The van der Waals surface area contributed by atoms with E-state index in [2.05, 4.69) is 5.32 Å². The van der Waals surface area contributed by atoms with Crippen LogP contribution in [0.3, 0.4) is 0 Å². The lowest BCUT2D eigenvalue weighted by molar-refractivity contribution is -0.123. The van der Waals surface area contributed by atoms with Crippen LogP contribution in [-0.4, -0.2) is 17.9 Å². The standard InChI is InChI=1S/C26H28N2O3/c1-18-10-8-15-22(19(18)2)28(26(30)23-16-9-17-31-23)24(20-11-4-3-5-12-20)25(29)27-21-13-6-7-14-21/h3-5,8-12,15-17,21,24H,6-7,13-14H2,1-2H3,(H,27,29)/t24-/m0/s1. The zero-order valence-corrected chi connectivity index (χ0v) is 18.0. The highest BCUT2D eigenvalue weighted by atomic mass is 16.3. The minimum atomic E-state index is -0.806. The van der Waals surface area contributed by atoms with Crippen LogP contribution in [0.5, 0.6) is 0 Å². The topological polar surface area (TPSA) is 62.6 Å². The second kappa shape index (κ2) is 9.21. The molecule has 3 aromatic rings. The van der Waals surface area contributed by atoms with Crippen molar-refractivity contribution in [3.63, 3.8) is 0 Å². The number of aryl methyl sites for hydroxylation is 1. The van der Waals surface area contributed by atoms with Crippen molar-refractivity contribution in [1.82, 2.24) is 5.32 Å². The second-order valence-corrected chi connectivity index (χ2v) is 8.17. The fourth-order valence-corrected chi connectivity index (χ4v) is 4.28. The van der Waals surface area contributed by atoms with Gasteiger partial charge in [0.25, 0.3) is 5.91 Å². The van der Waals surface area contributed by atoms with Crippen LogP contribution < -0.4 is 10.2 Å². The summed E-state index contributed by atoms with van der Waals surface area (Å²) in [6.07, 6.45) is 5.66. The highest BCUT2D eigenvalue weighted by molar-refractivity contribution is 6.09. The van der Waals surface area contributed by atoms with Crippen molar-refractivity contribution in [1.29, 1.82) is 0 Å². The van der Waals surface area contributed by atoms with E-state index < -0.39 is 6.04 Å². The Morgan fingerprint density at radius 3 is 2.39 bits per heavy atom. The molecule has 1 aromatic heterocycles. The van der Waals surface area contributed by atoms with Gasteiger partial charge in [0.1, 0.15) is 6.04 Å². The van der Waals surface area contributed by atoms with Crippen LogP contribution in [0.1, 0.15) is 59.0 Å². The quantitative estimate of drug-likeness (QED) is 0.590. The molecule has 1 heterocycles. The van der Waals surface area contributed by atoms with Gasteiger partial charge in [-0.1, -0.05) is 55.3 Å². The first kappa shape index (κ1) is 20.9. The molecule has 31 heavy (non-hydrogen) atoms. The molecule has 1 saturated carbocycles. The van der Waals surface area contributed by atoms with Crippen LogP contribution in [0.15, 0.2) is 71.3 Å². The molecule has 1 fully saturated rings. The molecule has 2 amide bonds. The van der Waals surface area contributed by atoms with E-state index in [9.17, 15) is 9.59 Å². The molecule has 1 aliphatic carbocycles. The summed E-state index contributed by atoms with van der Waals surface area (Å²) >= 11 is 0. The molecule has 1 N–H and O–H groups in total. The first-order valence-electron chi connectivity index (χ1n) is 10.8. The van der Waals surface area contributed by atoms with E-state index in [0.717, 1.165) is 42.4 Å². The van der Waals surface area contributed by atoms with E-state index in [-0.39, 0.29) is 23.6 Å². The van der Waals surface area contributed by atoms with Gasteiger partial charge in [-0.05, 0) is 61.6 Å². The summed E-state index contributed by atoms with van der Waals surface area (Å²) in [6, 6.07) is 18.0. The lowest BCUT2D eigenvalue weighted by Crippen LogP contribution is -2.46. The van der Waals surface area contributed by atoms with E-state index in [1.165, 1.54) is 6.26 Å². The molecule has 2 aromatic carbocycles. The molecular weight excluding hydrogens is 388 g/mol. The van der Waals surface area contributed by atoms with Crippen molar-refractivity contribution >= 4 is 17.5 Å². The van der Waals surface area contributed by atoms with Crippen molar-refractivity contribution in [2.45, 2.75) is 51.6 Å². The smallest absolute Gasteiger partial charge is 0.294 e. The zero-order chi connectivity index (χ0) is 21.8. The minimum Gasteiger partial charge on any atom is -0.459 e. The summed E-state index contributed by atoms with van der Waals surface area (Å²) in [6.45, 7) is 3.98. The van der Waals surface area contributed by atoms with Gasteiger partial charge in [-0.15, -0.1) is 0 Å². The van der Waals surface area contributed by atoms with Gasteiger partial charge in [0.15, 0.2) is 5.76 Å². The molecule has 160 valence electrons. The minimum absolute atomic E-state index is 0.151. The Labute approximate surface area is 183 Å². The number of carbonyl (C=O) groups excluding carboxylic acids is 2. The number of hydrogen-bond donors (Lipinski definition) is 1. The van der Waals surface area contributed by atoms with Crippen LogP contribution >= 0.6 is 0 Å². The number of hydrogen-bond acceptors (Lipinski definition) is 3. The highest BCUT2D eigenvalue weighted by Crippen LogP contribution is 2.33. The van der Waals surface area contributed by atoms with Crippen LogP contribution in [0, 0.1) is 13.8 Å². The Bertz CT molecular complexity index is 1040. The number of carbonyl (C=O) groups is 2. The number of amides is 2. The summed E-state index contributed by atoms with van der Waals surface area (Å²) in [7, 11) is 0. The largest absolute Gasteiger partial charge is 0.459 e. The Morgan fingerprint density at radius 1 is 0.968 bits per heavy atom. The number of nitrogens with one attached hydrogen (secondary N) is 1. The number of rotatable bonds is 6. The summed E-state index contributed by atoms with van der Waals surface area (Å²) in [5, 5.41) is 3.20. The molecule has 5 nitrogen and oxygen atoms in total. The molecule has 1 aliphatic rings. The SMILES string of the molecule is Cc1cccc(N(C(=O)c2ccco2)[C@H](C(=O)NC2CCCC2)c2ccccc2)c1C. The van der Waals surface area contributed by atoms with Crippen LogP contribution in [0.2, 0.25) is 0 Å². The Kier molecular flexibility index (Phi) is 6.21. The highest BCUT2D eigenvalue weighted by Gasteiger charge is 2.36. The molecule has 0 saturated heterocycles.